The molecule has 0 aliphatic rings. The van der Waals surface area contributed by atoms with E-state index in [2.05, 4.69) is 48.1 Å². The zero-order chi connectivity index (χ0) is 20.1. The molecule has 0 spiro atoms. The number of rotatable bonds is 5. The van der Waals surface area contributed by atoms with Gasteiger partial charge in [0.2, 0.25) is 12.2 Å². The van der Waals surface area contributed by atoms with Crippen LogP contribution in [0.1, 0.15) is 30.5 Å². The SMILES string of the molecule is Cc1c(N=C=O)cccc1-c1ccc(C(C)(C)c2ccc(N=C=O)cc2)cc1. The molecule has 0 bridgehead atoms. The standard InChI is InChI=1S/C24H20N2O2/c1-17-22(5-4-6-23(17)26-16-28)18-7-9-19(10-8-18)24(2,3)20-11-13-21(14-12-20)25-15-27/h4-14H,1-3H3. The van der Waals surface area contributed by atoms with Gasteiger partial charge in [0.25, 0.3) is 0 Å². The van der Waals surface area contributed by atoms with Gasteiger partial charge in [-0.05, 0) is 52.9 Å². The average molecular weight is 368 g/mol. The predicted molar refractivity (Wildman–Crippen MR) is 111 cm³/mol. The Morgan fingerprint density at radius 1 is 0.750 bits per heavy atom. The van der Waals surface area contributed by atoms with E-state index in [1.807, 2.05) is 43.3 Å². The summed E-state index contributed by atoms with van der Waals surface area (Å²) in [4.78, 5) is 28.4. The first-order valence-corrected chi connectivity index (χ1v) is 8.94. The summed E-state index contributed by atoms with van der Waals surface area (Å²) in [5.41, 5.74) is 6.37. The van der Waals surface area contributed by atoms with Crippen molar-refractivity contribution >= 4 is 23.5 Å². The van der Waals surface area contributed by atoms with Crippen LogP contribution in [0.4, 0.5) is 11.4 Å². The first-order valence-electron chi connectivity index (χ1n) is 8.94. The van der Waals surface area contributed by atoms with Crippen LogP contribution < -0.4 is 0 Å². The third kappa shape index (κ3) is 3.74. The van der Waals surface area contributed by atoms with Gasteiger partial charge in [-0.1, -0.05) is 62.4 Å². The van der Waals surface area contributed by atoms with Gasteiger partial charge < -0.3 is 0 Å². The second-order valence-electron chi connectivity index (χ2n) is 7.11. The number of nitrogens with zero attached hydrogens (tertiary/aromatic N) is 2. The van der Waals surface area contributed by atoms with E-state index in [1.54, 1.807) is 18.2 Å². The van der Waals surface area contributed by atoms with Crippen LogP contribution >= 0.6 is 0 Å². The van der Waals surface area contributed by atoms with Gasteiger partial charge in [-0.25, -0.2) is 9.59 Å². The lowest BCUT2D eigenvalue weighted by molar-refractivity contribution is 0.564. The van der Waals surface area contributed by atoms with Crippen LogP contribution in [0.25, 0.3) is 11.1 Å². The predicted octanol–water partition coefficient (Wildman–Crippen LogP) is 5.92. The van der Waals surface area contributed by atoms with Crippen molar-refractivity contribution in [2.24, 2.45) is 9.98 Å². The zero-order valence-electron chi connectivity index (χ0n) is 16.1. The number of carbonyl (C=O) groups excluding carboxylic acids is 2. The van der Waals surface area contributed by atoms with Crippen LogP contribution in [0.15, 0.2) is 76.7 Å². The van der Waals surface area contributed by atoms with Crippen LogP contribution in [0.2, 0.25) is 0 Å². The van der Waals surface area contributed by atoms with E-state index < -0.39 is 0 Å². The largest absolute Gasteiger partial charge is 0.240 e. The Labute approximate surface area is 164 Å². The first kappa shape index (κ1) is 19.2. The average Bonchev–Trinajstić information content (AvgIpc) is 2.71. The molecule has 0 amide bonds. The van der Waals surface area contributed by atoms with E-state index in [0.717, 1.165) is 22.3 Å². The fourth-order valence-corrected chi connectivity index (χ4v) is 3.34. The Balaban J connectivity index is 1.95. The molecule has 0 atom stereocenters. The molecule has 0 N–H and O–H groups in total. The molecule has 0 radical (unpaired) electrons. The number of hydrogen-bond donors (Lipinski definition) is 0. The number of hydrogen-bond acceptors (Lipinski definition) is 4. The minimum Gasteiger partial charge on any atom is -0.211 e. The van der Waals surface area contributed by atoms with Crippen LogP contribution in [-0.4, -0.2) is 12.2 Å². The Morgan fingerprint density at radius 2 is 1.32 bits per heavy atom. The first-order chi connectivity index (χ1) is 13.5. The van der Waals surface area contributed by atoms with Crippen molar-refractivity contribution in [3.63, 3.8) is 0 Å². The van der Waals surface area contributed by atoms with Crippen molar-refractivity contribution < 1.29 is 9.59 Å². The van der Waals surface area contributed by atoms with E-state index in [0.29, 0.717) is 11.4 Å². The van der Waals surface area contributed by atoms with Crippen LogP contribution in [0, 0.1) is 6.92 Å². The highest BCUT2D eigenvalue weighted by atomic mass is 16.1. The van der Waals surface area contributed by atoms with E-state index in [4.69, 9.17) is 0 Å². The quantitative estimate of drug-likeness (QED) is 0.414. The molecule has 4 heteroatoms. The van der Waals surface area contributed by atoms with Gasteiger partial charge in [-0.3, -0.25) is 0 Å². The van der Waals surface area contributed by atoms with Crippen LogP contribution in [-0.2, 0) is 15.0 Å². The number of aliphatic imine (C=N–C) groups is 2. The fourth-order valence-electron chi connectivity index (χ4n) is 3.34. The summed E-state index contributed by atoms with van der Waals surface area (Å²) in [5, 5.41) is 0. The molecule has 28 heavy (non-hydrogen) atoms. The zero-order valence-corrected chi connectivity index (χ0v) is 16.1. The summed E-state index contributed by atoms with van der Waals surface area (Å²) in [6.07, 6.45) is 3.17. The minimum atomic E-state index is -0.208. The maximum absolute atomic E-state index is 10.6. The molecule has 0 heterocycles. The van der Waals surface area contributed by atoms with Gasteiger partial charge in [0.15, 0.2) is 0 Å². The van der Waals surface area contributed by atoms with Gasteiger partial charge in [-0.15, -0.1) is 0 Å². The minimum absolute atomic E-state index is 0.208. The molecule has 138 valence electrons. The highest BCUT2D eigenvalue weighted by molar-refractivity contribution is 5.73. The van der Waals surface area contributed by atoms with Crippen LogP contribution in [0.5, 0.6) is 0 Å². The van der Waals surface area contributed by atoms with E-state index in [-0.39, 0.29) is 5.41 Å². The lowest BCUT2D eigenvalue weighted by Crippen LogP contribution is -2.18. The van der Waals surface area contributed by atoms with Crippen molar-refractivity contribution in [2.45, 2.75) is 26.2 Å². The molecular weight excluding hydrogens is 348 g/mol. The molecule has 3 aromatic rings. The smallest absolute Gasteiger partial charge is 0.211 e. The molecule has 0 saturated carbocycles. The molecule has 0 aliphatic carbocycles. The van der Waals surface area contributed by atoms with Crippen molar-refractivity contribution in [2.75, 3.05) is 0 Å². The van der Waals surface area contributed by atoms with Gasteiger partial charge in [-0.2, -0.15) is 9.98 Å². The maximum atomic E-state index is 10.6. The van der Waals surface area contributed by atoms with E-state index in [1.165, 1.54) is 5.56 Å². The van der Waals surface area contributed by atoms with Gasteiger partial charge >= 0.3 is 0 Å². The highest BCUT2D eigenvalue weighted by Crippen LogP contribution is 2.35. The van der Waals surface area contributed by atoms with E-state index in [9.17, 15) is 9.59 Å². The molecule has 0 unspecified atom stereocenters. The number of benzene rings is 3. The molecule has 0 fully saturated rings. The molecule has 0 aliphatic heterocycles. The van der Waals surface area contributed by atoms with Gasteiger partial charge in [0, 0.05) is 5.41 Å². The van der Waals surface area contributed by atoms with Crippen molar-refractivity contribution in [1.29, 1.82) is 0 Å². The highest BCUT2D eigenvalue weighted by Gasteiger charge is 2.23. The second-order valence-corrected chi connectivity index (χ2v) is 7.11. The summed E-state index contributed by atoms with van der Waals surface area (Å²) in [7, 11) is 0. The number of isocyanates is 2. The van der Waals surface area contributed by atoms with Gasteiger partial charge in [0.1, 0.15) is 0 Å². The monoisotopic (exact) mass is 368 g/mol. The van der Waals surface area contributed by atoms with E-state index >= 15 is 0 Å². The third-order valence-corrected chi connectivity index (χ3v) is 5.15. The lowest BCUT2D eigenvalue weighted by Gasteiger charge is -2.26. The topological polar surface area (TPSA) is 58.9 Å². The Morgan fingerprint density at radius 3 is 1.89 bits per heavy atom. The Kier molecular flexibility index (Phi) is 5.47. The molecule has 0 saturated heterocycles. The summed E-state index contributed by atoms with van der Waals surface area (Å²) in [6.45, 7) is 6.27. The summed E-state index contributed by atoms with van der Waals surface area (Å²) >= 11 is 0. The lowest BCUT2D eigenvalue weighted by atomic mass is 9.77. The molecule has 3 aromatic carbocycles. The second kappa shape index (κ2) is 7.98. The summed E-state index contributed by atoms with van der Waals surface area (Å²) < 4.78 is 0. The summed E-state index contributed by atoms with van der Waals surface area (Å²) in [6, 6.07) is 21.7. The Bertz CT molecular complexity index is 1080. The molecule has 3 rings (SSSR count). The fraction of sp³-hybridized carbons (Fsp3) is 0.167. The Hall–Kier alpha value is -3.58. The molecular formula is C24H20N2O2. The van der Waals surface area contributed by atoms with Crippen molar-refractivity contribution in [1.82, 2.24) is 0 Å². The normalized spacial score (nSPS) is 10.7. The van der Waals surface area contributed by atoms with Crippen LogP contribution in [0.3, 0.4) is 0 Å². The van der Waals surface area contributed by atoms with Crippen molar-refractivity contribution in [3.05, 3.63) is 83.4 Å². The molecule has 0 aromatic heterocycles. The van der Waals surface area contributed by atoms with Gasteiger partial charge in [0.05, 0.1) is 11.4 Å². The molecule has 4 nitrogen and oxygen atoms in total. The summed E-state index contributed by atoms with van der Waals surface area (Å²) in [5.74, 6) is 0. The van der Waals surface area contributed by atoms with Crippen molar-refractivity contribution in [3.8, 4) is 11.1 Å². The third-order valence-electron chi connectivity index (χ3n) is 5.15. The maximum Gasteiger partial charge on any atom is 0.240 e.